The molecule has 0 aliphatic rings. The fraction of sp³-hybridized carbons (Fsp3) is 0.190. The number of hydrogen-bond acceptors (Lipinski definition) is 8. The van der Waals surface area contributed by atoms with E-state index >= 15 is 0 Å². The second-order valence-corrected chi connectivity index (χ2v) is 7.42. The average Bonchev–Trinajstić information content (AvgIpc) is 3.39. The lowest BCUT2D eigenvalue weighted by molar-refractivity contribution is 0.142. The largest absolute Gasteiger partial charge is 0.512 e. The van der Waals surface area contributed by atoms with Gasteiger partial charge in [0, 0.05) is 24.0 Å². The predicted molar refractivity (Wildman–Crippen MR) is 114 cm³/mol. The highest BCUT2D eigenvalue weighted by Crippen LogP contribution is 2.29. The Labute approximate surface area is 187 Å². The zero-order chi connectivity index (χ0) is 22.7. The van der Waals surface area contributed by atoms with Gasteiger partial charge in [-0.2, -0.15) is 4.98 Å². The molecule has 0 unspecified atom stereocenters. The molecule has 0 aliphatic heterocycles. The molecule has 0 fully saturated rings. The van der Waals surface area contributed by atoms with Crippen LogP contribution in [0.1, 0.15) is 19.4 Å². The SMILES string of the molecule is CC(C)Oc1ncc(-c2nc(-c3ccc(Cn4ccc(OC(=O)O)n4)cc3)no2)cc1Cl. The number of pyridine rings is 1. The first kappa shape index (κ1) is 21.3. The third-order valence-electron chi connectivity index (χ3n) is 4.19. The minimum absolute atomic E-state index is 0.0202. The second kappa shape index (κ2) is 9.06. The molecule has 0 radical (unpaired) electrons. The smallest absolute Gasteiger partial charge is 0.474 e. The van der Waals surface area contributed by atoms with E-state index in [1.807, 2.05) is 38.1 Å². The van der Waals surface area contributed by atoms with Crippen molar-refractivity contribution < 1.29 is 23.9 Å². The van der Waals surface area contributed by atoms with Crippen LogP contribution in [0.3, 0.4) is 0 Å². The molecule has 0 aliphatic carbocycles. The Morgan fingerprint density at radius 3 is 2.69 bits per heavy atom. The minimum atomic E-state index is -1.41. The Hall–Kier alpha value is -3.92. The van der Waals surface area contributed by atoms with Gasteiger partial charge in [0.1, 0.15) is 5.02 Å². The summed E-state index contributed by atoms with van der Waals surface area (Å²) < 4.78 is 17.0. The molecule has 32 heavy (non-hydrogen) atoms. The molecule has 4 aromatic rings. The van der Waals surface area contributed by atoms with Crippen LogP contribution in [0.2, 0.25) is 5.02 Å². The van der Waals surface area contributed by atoms with Gasteiger partial charge in [-0.25, -0.2) is 9.78 Å². The van der Waals surface area contributed by atoms with E-state index in [-0.39, 0.29) is 17.9 Å². The number of carbonyl (C=O) groups is 1. The van der Waals surface area contributed by atoms with Crippen LogP contribution in [0.15, 0.2) is 53.3 Å². The van der Waals surface area contributed by atoms with Gasteiger partial charge in [0.25, 0.3) is 5.89 Å². The zero-order valence-corrected chi connectivity index (χ0v) is 17.9. The maximum atomic E-state index is 10.6. The van der Waals surface area contributed by atoms with Gasteiger partial charge in [-0.15, -0.1) is 5.10 Å². The van der Waals surface area contributed by atoms with Crippen molar-refractivity contribution >= 4 is 17.8 Å². The lowest BCUT2D eigenvalue weighted by Crippen LogP contribution is -2.07. The van der Waals surface area contributed by atoms with Gasteiger partial charge in [-0.3, -0.25) is 4.68 Å². The van der Waals surface area contributed by atoms with Crippen molar-refractivity contribution in [2.24, 2.45) is 0 Å². The van der Waals surface area contributed by atoms with Crippen LogP contribution in [0.5, 0.6) is 11.8 Å². The number of rotatable bonds is 7. The number of carboxylic acid groups (broad SMARTS) is 1. The highest BCUT2D eigenvalue weighted by atomic mass is 35.5. The molecule has 164 valence electrons. The molecule has 4 rings (SSSR count). The summed E-state index contributed by atoms with van der Waals surface area (Å²) in [6.07, 6.45) is 1.75. The van der Waals surface area contributed by atoms with Gasteiger partial charge in [-0.1, -0.05) is 41.0 Å². The average molecular weight is 456 g/mol. The quantitative estimate of drug-likeness (QED) is 0.399. The van der Waals surface area contributed by atoms with Crippen LogP contribution in [0, 0.1) is 0 Å². The van der Waals surface area contributed by atoms with Gasteiger partial charge >= 0.3 is 6.16 Å². The molecule has 11 heteroatoms. The fourth-order valence-corrected chi connectivity index (χ4v) is 3.04. The molecule has 1 N–H and O–H groups in total. The summed E-state index contributed by atoms with van der Waals surface area (Å²) in [6, 6.07) is 10.6. The van der Waals surface area contributed by atoms with E-state index in [0.717, 1.165) is 11.1 Å². The van der Waals surface area contributed by atoms with E-state index in [0.29, 0.717) is 28.8 Å². The summed E-state index contributed by atoms with van der Waals surface area (Å²) in [6.45, 7) is 4.22. The highest BCUT2D eigenvalue weighted by molar-refractivity contribution is 6.32. The van der Waals surface area contributed by atoms with Gasteiger partial charge in [0.15, 0.2) is 0 Å². The Morgan fingerprint density at radius 1 is 1.22 bits per heavy atom. The van der Waals surface area contributed by atoms with E-state index in [4.69, 9.17) is 26.0 Å². The van der Waals surface area contributed by atoms with Gasteiger partial charge < -0.3 is 19.1 Å². The first-order valence-corrected chi connectivity index (χ1v) is 9.95. The second-order valence-electron chi connectivity index (χ2n) is 7.02. The summed E-state index contributed by atoms with van der Waals surface area (Å²) in [5.74, 6) is 1.07. The van der Waals surface area contributed by atoms with Crippen molar-refractivity contribution in [3.8, 4) is 34.6 Å². The number of hydrogen-bond donors (Lipinski definition) is 1. The van der Waals surface area contributed by atoms with Crippen LogP contribution in [0.25, 0.3) is 22.8 Å². The van der Waals surface area contributed by atoms with Crippen LogP contribution in [-0.4, -0.2) is 42.3 Å². The summed E-state index contributed by atoms with van der Waals surface area (Å²) >= 11 is 6.24. The molecule has 0 spiro atoms. The molecule has 3 heterocycles. The minimum Gasteiger partial charge on any atom is -0.474 e. The van der Waals surface area contributed by atoms with Crippen molar-refractivity contribution in [1.29, 1.82) is 0 Å². The monoisotopic (exact) mass is 455 g/mol. The summed E-state index contributed by atoms with van der Waals surface area (Å²) in [4.78, 5) is 19.2. The van der Waals surface area contributed by atoms with E-state index in [1.165, 1.54) is 6.07 Å². The molecule has 0 atom stereocenters. The van der Waals surface area contributed by atoms with E-state index in [9.17, 15) is 4.79 Å². The summed E-state index contributed by atoms with van der Waals surface area (Å²) in [7, 11) is 0. The molecular formula is C21H18ClN5O5. The first-order chi connectivity index (χ1) is 15.4. The van der Waals surface area contributed by atoms with E-state index in [2.05, 4.69) is 25.0 Å². The Balaban J connectivity index is 1.46. The molecule has 0 saturated carbocycles. The van der Waals surface area contributed by atoms with Crippen LogP contribution in [-0.2, 0) is 6.54 Å². The van der Waals surface area contributed by atoms with E-state index < -0.39 is 6.16 Å². The number of aromatic nitrogens is 5. The van der Waals surface area contributed by atoms with Crippen molar-refractivity contribution in [3.63, 3.8) is 0 Å². The predicted octanol–water partition coefficient (Wildman–Crippen LogP) is 4.54. The standard InChI is InChI=1S/C21H18ClN5O5/c1-12(2)30-20-16(22)9-15(10-23-20)19-24-18(26-32-19)14-5-3-13(4-6-14)11-27-8-7-17(25-27)31-21(28)29/h3-10,12H,11H2,1-2H3,(H,28,29). The van der Waals surface area contributed by atoms with Crippen molar-refractivity contribution in [2.45, 2.75) is 26.5 Å². The maximum Gasteiger partial charge on any atom is 0.512 e. The Morgan fingerprint density at radius 2 is 2.00 bits per heavy atom. The third kappa shape index (κ3) is 5.03. The molecule has 0 bridgehead atoms. The van der Waals surface area contributed by atoms with Gasteiger partial charge in [0.2, 0.25) is 17.6 Å². The highest BCUT2D eigenvalue weighted by Gasteiger charge is 2.14. The lowest BCUT2D eigenvalue weighted by Gasteiger charge is -2.09. The van der Waals surface area contributed by atoms with Crippen molar-refractivity contribution in [1.82, 2.24) is 24.9 Å². The topological polar surface area (TPSA) is 125 Å². The Bertz CT molecular complexity index is 1240. The molecule has 1 aromatic carbocycles. The third-order valence-corrected chi connectivity index (χ3v) is 4.46. The zero-order valence-electron chi connectivity index (χ0n) is 17.1. The molecule has 0 saturated heterocycles. The Kier molecular flexibility index (Phi) is 6.04. The number of halogens is 1. The molecule has 0 amide bonds. The van der Waals surface area contributed by atoms with Gasteiger partial charge in [0.05, 0.1) is 18.2 Å². The lowest BCUT2D eigenvalue weighted by atomic mass is 10.1. The molecule has 3 aromatic heterocycles. The summed E-state index contributed by atoms with van der Waals surface area (Å²) in [5, 5.41) is 17.1. The number of ether oxygens (including phenoxy) is 2. The summed E-state index contributed by atoms with van der Waals surface area (Å²) in [5.41, 5.74) is 2.29. The number of benzene rings is 1. The van der Waals surface area contributed by atoms with Crippen molar-refractivity contribution in [3.05, 3.63) is 59.4 Å². The van der Waals surface area contributed by atoms with E-state index in [1.54, 1.807) is 23.1 Å². The first-order valence-electron chi connectivity index (χ1n) is 9.57. The maximum absolute atomic E-state index is 10.6. The normalized spacial score (nSPS) is 11.0. The van der Waals surface area contributed by atoms with Crippen LogP contribution in [0.4, 0.5) is 4.79 Å². The number of nitrogens with zero attached hydrogens (tertiary/aromatic N) is 5. The van der Waals surface area contributed by atoms with Crippen LogP contribution < -0.4 is 9.47 Å². The van der Waals surface area contributed by atoms with Crippen molar-refractivity contribution in [2.75, 3.05) is 0 Å². The van der Waals surface area contributed by atoms with Crippen LogP contribution >= 0.6 is 11.6 Å². The van der Waals surface area contributed by atoms with Gasteiger partial charge in [-0.05, 0) is 25.5 Å². The molecular weight excluding hydrogens is 438 g/mol. The fourth-order valence-electron chi connectivity index (χ4n) is 2.83. The molecule has 10 nitrogen and oxygen atoms in total.